The highest BCUT2D eigenvalue weighted by Gasteiger charge is 2.69. The molecule has 0 radical (unpaired) electrons. The maximum absolute atomic E-state index is 13.4. The number of hydrogen-bond acceptors (Lipinski definition) is 8. The first kappa shape index (κ1) is 28.8. The number of ether oxygens (including phenoxy) is 2. The van der Waals surface area contributed by atoms with E-state index in [9.17, 15) is 18.0 Å². The summed E-state index contributed by atoms with van der Waals surface area (Å²) in [7, 11) is 1.56. The Morgan fingerprint density at radius 3 is 2.56 bits per heavy atom. The number of amides is 1. The number of alkyl halides is 3. The predicted molar refractivity (Wildman–Crippen MR) is 151 cm³/mol. The van der Waals surface area contributed by atoms with Crippen molar-refractivity contribution in [2.45, 2.75) is 38.9 Å². The van der Waals surface area contributed by atoms with Gasteiger partial charge in [0.25, 0.3) is 5.88 Å². The highest BCUT2D eigenvalue weighted by molar-refractivity contribution is 5.86. The highest BCUT2D eigenvalue weighted by Crippen LogP contribution is 2.58. The van der Waals surface area contributed by atoms with Gasteiger partial charge in [-0.25, -0.2) is 9.97 Å². The molecule has 1 aliphatic heterocycles. The van der Waals surface area contributed by atoms with Crippen LogP contribution < -0.4 is 9.47 Å². The van der Waals surface area contributed by atoms with Crippen LogP contribution in [0.25, 0.3) is 22.3 Å². The molecule has 10 nitrogen and oxygen atoms in total. The lowest BCUT2D eigenvalue weighted by molar-refractivity contribution is -0.199. The second-order valence-electron chi connectivity index (χ2n) is 10.9. The van der Waals surface area contributed by atoms with E-state index in [0.29, 0.717) is 63.1 Å². The molecule has 4 aromatic rings. The highest BCUT2D eigenvalue weighted by atomic mass is 19.4. The number of aromatic amines is 1. The van der Waals surface area contributed by atoms with Crippen LogP contribution in [-0.4, -0.2) is 86.7 Å². The molecule has 0 atom stereocenters. The van der Waals surface area contributed by atoms with E-state index in [0.717, 1.165) is 33.7 Å². The Hall–Kier alpha value is -4.26. The largest absolute Gasteiger partial charge is 0.490 e. The van der Waals surface area contributed by atoms with E-state index < -0.39 is 17.5 Å². The van der Waals surface area contributed by atoms with E-state index in [1.54, 1.807) is 13.3 Å². The van der Waals surface area contributed by atoms with Crippen molar-refractivity contribution >= 4 is 16.9 Å². The summed E-state index contributed by atoms with van der Waals surface area (Å²) in [5.74, 6) is 0.836. The van der Waals surface area contributed by atoms with Gasteiger partial charge in [-0.2, -0.15) is 18.2 Å². The molecule has 1 amide bonds. The van der Waals surface area contributed by atoms with E-state index in [1.165, 1.54) is 11.2 Å². The van der Waals surface area contributed by atoms with E-state index in [1.807, 2.05) is 37.3 Å². The first-order valence-electron chi connectivity index (χ1n) is 14.2. The number of benzene rings is 1. The van der Waals surface area contributed by atoms with Crippen LogP contribution in [0.5, 0.6) is 11.6 Å². The van der Waals surface area contributed by atoms with Crippen molar-refractivity contribution in [3.05, 3.63) is 59.9 Å². The molecule has 1 N–H and O–H groups in total. The Kier molecular flexibility index (Phi) is 7.67. The van der Waals surface area contributed by atoms with Gasteiger partial charge in [-0.1, -0.05) is 6.07 Å². The minimum Gasteiger partial charge on any atom is -0.490 e. The summed E-state index contributed by atoms with van der Waals surface area (Å²) in [6.07, 6.45) is -0.995. The number of nitrogens with one attached hydrogen (secondary N) is 1. The molecule has 0 spiro atoms. The third kappa shape index (κ3) is 5.73. The van der Waals surface area contributed by atoms with E-state index in [-0.39, 0.29) is 12.8 Å². The minimum atomic E-state index is -4.48. The normalized spacial score (nSPS) is 16.8. The van der Waals surface area contributed by atoms with Crippen molar-refractivity contribution < 1.29 is 27.4 Å². The fourth-order valence-corrected chi connectivity index (χ4v) is 5.59. The summed E-state index contributed by atoms with van der Waals surface area (Å²) < 4.78 is 51.3. The van der Waals surface area contributed by atoms with Gasteiger partial charge < -0.3 is 19.4 Å². The van der Waals surface area contributed by atoms with Gasteiger partial charge in [0.05, 0.1) is 24.8 Å². The molecule has 13 heteroatoms. The number of halogens is 3. The molecule has 1 aliphatic carbocycles. The topological polar surface area (TPSA) is 109 Å². The molecular formula is C30H32F3N7O3. The standard InChI is InChI=1S/C30H32F3N7O3/c1-3-43-27-26(42-2)25(35-18-36-27)20-4-5-22-23(15-20)38-24(37-22)16-21-14-19(6-9-34-21)17-39-10-12-40(13-11-39)28(41)29(7-8-29)30(31,32)33/h4-6,9,14-15,18H,3,7-8,10-13,16-17H2,1-2H3,(H,37,38). The Labute approximate surface area is 246 Å². The number of H-pyrrole nitrogens is 1. The van der Waals surface area contributed by atoms with Gasteiger partial charge in [0, 0.05) is 56.6 Å². The minimum absolute atomic E-state index is 0.103. The number of imidazole rings is 1. The van der Waals surface area contributed by atoms with Crippen molar-refractivity contribution in [1.82, 2.24) is 34.7 Å². The number of piperazine rings is 1. The van der Waals surface area contributed by atoms with Crippen molar-refractivity contribution in [3.63, 3.8) is 0 Å². The van der Waals surface area contributed by atoms with E-state index in [2.05, 4.69) is 24.8 Å². The molecule has 2 aliphatic rings. The number of carbonyl (C=O) groups is 1. The van der Waals surface area contributed by atoms with Crippen LogP contribution in [0, 0.1) is 5.41 Å². The summed E-state index contributed by atoms with van der Waals surface area (Å²) in [5.41, 5.74) is 2.82. The van der Waals surface area contributed by atoms with Crippen molar-refractivity contribution in [2.75, 3.05) is 39.9 Å². The molecular weight excluding hydrogens is 563 g/mol. The van der Waals surface area contributed by atoms with Gasteiger partial charge in [-0.05, 0) is 49.6 Å². The van der Waals surface area contributed by atoms with Crippen LogP contribution in [-0.2, 0) is 17.8 Å². The lowest BCUT2D eigenvalue weighted by atomic mass is 10.0. The molecule has 4 heterocycles. The van der Waals surface area contributed by atoms with Crippen LogP contribution in [0.3, 0.4) is 0 Å². The van der Waals surface area contributed by atoms with E-state index in [4.69, 9.17) is 14.5 Å². The summed E-state index contributed by atoms with van der Waals surface area (Å²) in [5, 5.41) is 0. The lowest BCUT2D eigenvalue weighted by Gasteiger charge is -2.37. The number of pyridine rings is 1. The van der Waals surface area contributed by atoms with Gasteiger partial charge in [-0.3, -0.25) is 14.7 Å². The number of aromatic nitrogens is 5. The number of hydrogen-bond donors (Lipinski definition) is 1. The number of rotatable bonds is 9. The molecule has 6 rings (SSSR count). The quantitative estimate of drug-likeness (QED) is 0.303. The van der Waals surface area contributed by atoms with Crippen molar-refractivity contribution in [1.29, 1.82) is 0 Å². The molecule has 2 fully saturated rings. The van der Waals surface area contributed by atoms with Crippen LogP contribution in [0.2, 0.25) is 0 Å². The number of methoxy groups -OCH3 is 1. The molecule has 0 bridgehead atoms. The van der Waals surface area contributed by atoms with Crippen LogP contribution in [0.4, 0.5) is 13.2 Å². The summed E-state index contributed by atoms with van der Waals surface area (Å²) >= 11 is 0. The fourth-order valence-electron chi connectivity index (χ4n) is 5.59. The van der Waals surface area contributed by atoms with Crippen molar-refractivity contribution in [2.24, 2.45) is 5.41 Å². The maximum atomic E-state index is 13.4. The zero-order valence-electron chi connectivity index (χ0n) is 23.9. The number of nitrogens with zero attached hydrogens (tertiary/aromatic N) is 6. The van der Waals surface area contributed by atoms with E-state index >= 15 is 0 Å². The van der Waals surface area contributed by atoms with Crippen molar-refractivity contribution in [3.8, 4) is 22.9 Å². The van der Waals surface area contributed by atoms with Gasteiger partial charge in [0.1, 0.15) is 23.3 Å². The maximum Gasteiger partial charge on any atom is 0.403 e. The molecule has 43 heavy (non-hydrogen) atoms. The monoisotopic (exact) mass is 595 g/mol. The smallest absolute Gasteiger partial charge is 0.403 e. The number of carbonyl (C=O) groups excluding carboxylic acids is 1. The second kappa shape index (κ2) is 11.4. The molecule has 1 saturated carbocycles. The van der Waals surface area contributed by atoms with Crippen LogP contribution >= 0.6 is 0 Å². The summed E-state index contributed by atoms with van der Waals surface area (Å²) in [6.45, 7) is 4.58. The third-order valence-corrected chi connectivity index (χ3v) is 8.06. The molecule has 0 unspecified atom stereocenters. The fraction of sp³-hybridized carbons (Fsp3) is 0.433. The summed E-state index contributed by atoms with van der Waals surface area (Å²) in [4.78, 5) is 37.3. The average Bonchev–Trinajstić information content (AvgIpc) is 3.73. The van der Waals surface area contributed by atoms with Gasteiger partial charge in [0.15, 0.2) is 0 Å². The Morgan fingerprint density at radius 1 is 1.07 bits per heavy atom. The zero-order chi connectivity index (χ0) is 30.2. The Bertz CT molecular complexity index is 1630. The molecule has 3 aromatic heterocycles. The first-order valence-corrected chi connectivity index (χ1v) is 14.2. The van der Waals surface area contributed by atoms with Gasteiger partial charge >= 0.3 is 6.18 Å². The molecule has 1 aromatic carbocycles. The van der Waals surface area contributed by atoms with Gasteiger partial charge in [0.2, 0.25) is 11.7 Å². The van der Waals surface area contributed by atoms with Gasteiger partial charge in [-0.15, -0.1) is 0 Å². The molecule has 226 valence electrons. The SMILES string of the molecule is CCOc1ncnc(-c2ccc3nc(Cc4cc(CN5CCN(C(=O)C6(C(F)(F)F)CC6)CC5)ccn4)[nH]c3c2)c1OC. The van der Waals surface area contributed by atoms with Crippen LogP contribution in [0.1, 0.15) is 36.8 Å². The van der Waals surface area contributed by atoms with Crippen LogP contribution in [0.15, 0.2) is 42.9 Å². The number of fused-ring (bicyclic) bond motifs is 1. The predicted octanol–water partition coefficient (Wildman–Crippen LogP) is 4.40. The Balaban J connectivity index is 1.10. The lowest BCUT2D eigenvalue weighted by Crippen LogP contribution is -2.52. The molecule has 1 saturated heterocycles. The summed E-state index contributed by atoms with van der Waals surface area (Å²) in [6, 6.07) is 9.74. The third-order valence-electron chi connectivity index (χ3n) is 8.06. The zero-order valence-corrected chi connectivity index (χ0v) is 23.9. The average molecular weight is 596 g/mol. The second-order valence-corrected chi connectivity index (χ2v) is 10.9. The Morgan fingerprint density at radius 2 is 1.86 bits per heavy atom. The first-order chi connectivity index (χ1) is 20.7.